The molecule has 0 radical (unpaired) electrons. The molecule has 0 aliphatic heterocycles. The first-order chi connectivity index (χ1) is 11.7. The van der Waals surface area contributed by atoms with Crippen molar-refractivity contribution in [3.63, 3.8) is 0 Å². The monoisotopic (exact) mass is 462 g/mol. The fourth-order valence-electron chi connectivity index (χ4n) is 3.41. The molecule has 3 heteroatoms. The summed E-state index contributed by atoms with van der Waals surface area (Å²) in [6.07, 6.45) is 2.21. The van der Waals surface area contributed by atoms with Crippen LogP contribution in [0.25, 0.3) is 0 Å². The summed E-state index contributed by atoms with van der Waals surface area (Å²) in [6, 6.07) is 32.9. The first-order valence-electron chi connectivity index (χ1n) is 8.16. The molecule has 0 atom stereocenters. The Kier molecular flexibility index (Phi) is 5.59. The van der Waals surface area contributed by atoms with Gasteiger partial charge in [-0.15, -0.1) is 0 Å². The van der Waals surface area contributed by atoms with E-state index in [0.717, 1.165) is 17.9 Å². The van der Waals surface area contributed by atoms with E-state index in [-0.39, 0.29) is 0 Å². The molecule has 0 fully saturated rings. The van der Waals surface area contributed by atoms with Crippen LogP contribution in [0, 0.1) is 0 Å². The Morgan fingerprint density at radius 3 is 1.21 bits per heavy atom. The van der Waals surface area contributed by atoms with E-state index in [4.69, 9.17) is 0 Å². The SMILES string of the molecule is BrCCCP(Br)(c1ccccc1)(c1ccccc1)c1ccccc1. The van der Waals surface area contributed by atoms with Gasteiger partial charge in [-0.1, -0.05) is 0 Å². The molecule has 0 aliphatic carbocycles. The van der Waals surface area contributed by atoms with Gasteiger partial charge in [0.05, 0.1) is 0 Å². The van der Waals surface area contributed by atoms with Crippen molar-refractivity contribution in [3.05, 3.63) is 91.0 Å². The summed E-state index contributed by atoms with van der Waals surface area (Å²) in [5.41, 5.74) is 0. The van der Waals surface area contributed by atoms with Gasteiger partial charge in [0.1, 0.15) is 0 Å². The fourth-order valence-corrected chi connectivity index (χ4v) is 11.8. The number of alkyl halides is 1. The number of rotatable bonds is 6. The van der Waals surface area contributed by atoms with Gasteiger partial charge in [0.25, 0.3) is 0 Å². The van der Waals surface area contributed by atoms with Crippen LogP contribution in [0.15, 0.2) is 91.0 Å². The molecule has 3 aromatic rings. The van der Waals surface area contributed by atoms with Crippen LogP contribution in [0.3, 0.4) is 0 Å². The average molecular weight is 464 g/mol. The van der Waals surface area contributed by atoms with Gasteiger partial charge in [-0.2, -0.15) is 0 Å². The van der Waals surface area contributed by atoms with Crippen LogP contribution < -0.4 is 15.9 Å². The second-order valence-electron chi connectivity index (χ2n) is 5.96. The van der Waals surface area contributed by atoms with E-state index in [1.165, 1.54) is 15.9 Å². The van der Waals surface area contributed by atoms with Gasteiger partial charge >= 0.3 is 162 Å². The molecule has 0 bridgehead atoms. The summed E-state index contributed by atoms with van der Waals surface area (Å²) in [5, 5.41) is 2.50. The standard InChI is InChI=1S/C21H21Br2P/c22-17-10-18-24(23,19-11-4-1-5-12-19,20-13-6-2-7-14-20)21-15-8-3-9-16-21/h1-9,11-16H,10,17-18H2. The molecule has 3 aromatic carbocycles. The Balaban J connectivity index is 2.37. The Morgan fingerprint density at radius 1 is 0.583 bits per heavy atom. The van der Waals surface area contributed by atoms with Gasteiger partial charge in [-0.25, -0.2) is 0 Å². The molecule has 0 aromatic heterocycles. The summed E-state index contributed by atoms with van der Waals surface area (Å²) >= 11 is 8.07. The number of halogens is 2. The average Bonchev–Trinajstić information content (AvgIpc) is 2.68. The van der Waals surface area contributed by atoms with Gasteiger partial charge in [0.15, 0.2) is 0 Å². The molecule has 24 heavy (non-hydrogen) atoms. The third-order valence-electron chi connectivity index (χ3n) is 4.60. The van der Waals surface area contributed by atoms with Gasteiger partial charge in [0, 0.05) is 0 Å². The zero-order valence-electron chi connectivity index (χ0n) is 13.5. The van der Waals surface area contributed by atoms with E-state index < -0.39 is 5.31 Å². The van der Waals surface area contributed by atoms with E-state index in [1.54, 1.807) is 0 Å². The predicted molar refractivity (Wildman–Crippen MR) is 117 cm³/mol. The van der Waals surface area contributed by atoms with Crippen molar-refractivity contribution in [2.45, 2.75) is 6.42 Å². The molecular weight excluding hydrogens is 443 g/mol. The van der Waals surface area contributed by atoms with Gasteiger partial charge in [-0.05, 0) is 0 Å². The molecule has 0 heterocycles. The Labute approximate surface area is 161 Å². The first-order valence-corrected chi connectivity index (χ1v) is 13.7. The van der Waals surface area contributed by atoms with E-state index in [9.17, 15) is 0 Å². The molecule has 0 N–H and O–H groups in total. The quantitative estimate of drug-likeness (QED) is 0.329. The fraction of sp³-hybridized carbons (Fsp3) is 0.143. The maximum absolute atomic E-state index is 4.43. The number of hydrogen-bond acceptors (Lipinski definition) is 0. The van der Waals surface area contributed by atoms with Crippen molar-refractivity contribution in [3.8, 4) is 0 Å². The van der Waals surface area contributed by atoms with Crippen LogP contribution in [0.1, 0.15) is 6.42 Å². The van der Waals surface area contributed by atoms with Crippen molar-refractivity contribution < 1.29 is 0 Å². The molecular formula is C21H21Br2P. The van der Waals surface area contributed by atoms with Gasteiger partial charge in [0.2, 0.25) is 0 Å². The van der Waals surface area contributed by atoms with Crippen molar-refractivity contribution in [1.82, 2.24) is 0 Å². The molecule has 124 valence electrons. The summed E-state index contributed by atoms with van der Waals surface area (Å²) < 4.78 is 0. The van der Waals surface area contributed by atoms with E-state index in [0.29, 0.717) is 0 Å². The third-order valence-corrected chi connectivity index (χ3v) is 15.2. The third kappa shape index (κ3) is 3.01. The second kappa shape index (κ2) is 7.52. The number of benzene rings is 3. The van der Waals surface area contributed by atoms with Crippen LogP contribution in [-0.4, -0.2) is 11.5 Å². The Morgan fingerprint density at radius 2 is 0.917 bits per heavy atom. The molecule has 0 unspecified atom stereocenters. The van der Waals surface area contributed by atoms with E-state index in [2.05, 4.69) is 122 Å². The molecule has 3 rings (SSSR count). The molecule has 0 saturated carbocycles. The van der Waals surface area contributed by atoms with Crippen molar-refractivity contribution in [2.75, 3.05) is 11.5 Å². The maximum atomic E-state index is 4.43. The molecule has 0 spiro atoms. The van der Waals surface area contributed by atoms with Crippen LogP contribution in [0.4, 0.5) is 0 Å². The molecule has 0 saturated heterocycles. The van der Waals surface area contributed by atoms with E-state index in [1.807, 2.05) is 0 Å². The normalized spacial score (nSPS) is 13.2. The van der Waals surface area contributed by atoms with Crippen molar-refractivity contribution in [2.24, 2.45) is 0 Å². The second-order valence-corrected chi connectivity index (χ2v) is 15.8. The van der Waals surface area contributed by atoms with Crippen molar-refractivity contribution >= 4 is 52.6 Å². The predicted octanol–water partition coefficient (Wildman–Crippen LogP) is 5.61. The molecule has 0 amide bonds. The van der Waals surface area contributed by atoms with Crippen LogP contribution in [0.5, 0.6) is 0 Å². The summed E-state index contributed by atoms with van der Waals surface area (Å²) in [6.45, 7) is 0. The minimum absolute atomic E-state index is 1.00. The zero-order chi connectivity index (χ0) is 16.9. The van der Waals surface area contributed by atoms with Crippen LogP contribution in [-0.2, 0) is 0 Å². The van der Waals surface area contributed by atoms with Gasteiger partial charge in [-0.3, -0.25) is 0 Å². The van der Waals surface area contributed by atoms with Crippen molar-refractivity contribution in [1.29, 1.82) is 0 Å². The summed E-state index contributed by atoms with van der Waals surface area (Å²) in [4.78, 5) is 0. The van der Waals surface area contributed by atoms with Gasteiger partial charge < -0.3 is 0 Å². The van der Waals surface area contributed by atoms with E-state index >= 15 is 0 Å². The molecule has 0 aliphatic rings. The number of hydrogen-bond donors (Lipinski definition) is 0. The zero-order valence-corrected chi connectivity index (χ0v) is 17.6. The van der Waals surface area contributed by atoms with Crippen LogP contribution >= 0.6 is 36.7 Å². The first kappa shape index (κ1) is 17.9. The van der Waals surface area contributed by atoms with Crippen LogP contribution in [0.2, 0.25) is 0 Å². The summed E-state index contributed by atoms with van der Waals surface area (Å²) in [5.74, 6) is 0. The topological polar surface area (TPSA) is 0 Å². The Bertz CT molecular complexity index is 673. The minimum atomic E-state index is -2.67. The summed E-state index contributed by atoms with van der Waals surface area (Å²) in [7, 11) is 0. The molecule has 0 nitrogen and oxygen atoms in total. The Hall–Kier alpha value is -0.950.